The number of amides is 1. The van der Waals surface area contributed by atoms with Gasteiger partial charge in [-0.2, -0.15) is 0 Å². The zero-order valence-corrected chi connectivity index (χ0v) is 9.99. The second-order valence-corrected chi connectivity index (χ2v) is 3.78. The molecule has 0 atom stereocenters. The van der Waals surface area contributed by atoms with Crippen LogP contribution in [0.3, 0.4) is 0 Å². The van der Waals surface area contributed by atoms with Crippen LogP contribution in [0.1, 0.15) is 12.8 Å². The average Bonchev–Trinajstić information content (AvgIpc) is 2.35. The topological polar surface area (TPSA) is 46.3 Å². The first-order chi connectivity index (χ1) is 7.79. The predicted octanol–water partition coefficient (Wildman–Crippen LogP) is 2.00. The minimum atomic E-state index is -0.0649. The van der Waals surface area contributed by atoms with E-state index >= 15 is 0 Å². The van der Waals surface area contributed by atoms with Crippen molar-refractivity contribution in [3.05, 3.63) is 30.3 Å². The monoisotopic (exact) mass is 240 g/mol. The molecule has 0 aliphatic rings. The molecule has 2 N–H and O–H groups in total. The van der Waals surface area contributed by atoms with Crippen molar-refractivity contribution < 1.29 is 4.79 Å². The maximum atomic E-state index is 11.7. The number of carbonyl (C=O) groups is 1. The molecule has 0 aliphatic carbocycles. The summed E-state index contributed by atoms with van der Waals surface area (Å²) in [5, 5.41) is 0. The van der Waals surface area contributed by atoms with Gasteiger partial charge in [-0.3, -0.25) is 4.79 Å². The van der Waals surface area contributed by atoms with Gasteiger partial charge in [0.05, 0.1) is 0 Å². The smallest absolute Gasteiger partial charge is 0.241 e. The second kappa shape index (κ2) is 7.25. The van der Waals surface area contributed by atoms with Crippen molar-refractivity contribution in [1.82, 2.24) is 0 Å². The summed E-state index contributed by atoms with van der Waals surface area (Å²) in [6, 6.07) is 9.56. The van der Waals surface area contributed by atoms with Gasteiger partial charge in [0.15, 0.2) is 0 Å². The molecule has 1 aromatic rings. The molecule has 1 amide bonds. The van der Waals surface area contributed by atoms with E-state index < -0.39 is 0 Å². The fourth-order valence-corrected chi connectivity index (χ4v) is 1.64. The molecule has 0 heterocycles. The lowest BCUT2D eigenvalue weighted by Crippen LogP contribution is -2.33. The van der Waals surface area contributed by atoms with Crippen molar-refractivity contribution in [3.8, 4) is 0 Å². The Morgan fingerprint density at radius 3 is 2.50 bits per heavy atom. The number of unbranched alkanes of at least 4 members (excludes halogenated alkanes) is 1. The Labute approximate surface area is 101 Å². The zero-order valence-electron chi connectivity index (χ0n) is 9.23. The lowest BCUT2D eigenvalue weighted by Gasteiger charge is -2.21. The van der Waals surface area contributed by atoms with E-state index in [4.69, 9.17) is 17.3 Å². The minimum absolute atomic E-state index is 0.0114. The van der Waals surface area contributed by atoms with E-state index in [1.807, 2.05) is 30.3 Å². The molecule has 0 spiro atoms. The van der Waals surface area contributed by atoms with Crippen LogP contribution in [0.5, 0.6) is 0 Å². The first-order valence-corrected chi connectivity index (χ1v) is 5.94. The Hall–Kier alpha value is -1.06. The lowest BCUT2D eigenvalue weighted by molar-refractivity contribution is -0.116. The van der Waals surface area contributed by atoms with Gasteiger partial charge in [0, 0.05) is 12.2 Å². The number of alkyl halides is 1. The summed E-state index contributed by atoms with van der Waals surface area (Å²) in [7, 11) is 0. The number of para-hydroxylation sites is 1. The summed E-state index contributed by atoms with van der Waals surface area (Å²) in [6.45, 7) is 1.32. The summed E-state index contributed by atoms with van der Waals surface area (Å²) in [6.07, 6.45) is 1.81. The van der Waals surface area contributed by atoms with Crippen molar-refractivity contribution in [3.63, 3.8) is 0 Å². The van der Waals surface area contributed by atoms with Gasteiger partial charge in [0.2, 0.25) is 5.91 Å². The van der Waals surface area contributed by atoms with Gasteiger partial charge in [-0.25, -0.2) is 0 Å². The molecule has 0 saturated carbocycles. The highest BCUT2D eigenvalue weighted by molar-refractivity contribution is 6.29. The molecular formula is C12H17ClN2O. The molecule has 3 nitrogen and oxygen atoms in total. The van der Waals surface area contributed by atoms with Crippen molar-refractivity contribution in [1.29, 1.82) is 0 Å². The van der Waals surface area contributed by atoms with Crippen molar-refractivity contribution in [2.75, 3.05) is 23.9 Å². The summed E-state index contributed by atoms with van der Waals surface area (Å²) < 4.78 is 0. The van der Waals surface area contributed by atoms with E-state index in [1.54, 1.807) is 4.90 Å². The molecule has 0 aliphatic heterocycles. The van der Waals surface area contributed by atoms with Crippen LogP contribution >= 0.6 is 11.6 Å². The molecule has 4 heteroatoms. The summed E-state index contributed by atoms with van der Waals surface area (Å²) in [5.41, 5.74) is 6.33. The Kier molecular flexibility index (Phi) is 5.90. The maximum absolute atomic E-state index is 11.7. The van der Waals surface area contributed by atoms with E-state index in [2.05, 4.69) is 0 Å². The number of benzene rings is 1. The lowest BCUT2D eigenvalue weighted by atomic mass is 10.2. The van der Waals surface area contributed by atoms with E-state index in [-0.39, 0.29) is 11.8 Å². The normalized spacial score (nSPS) is 10.1. The van der Waals surface area contributed by atoms with E-state index in [9.17, 15) is 4.79 Å². The van der Waals surface area contributed by atoms with Crippen molar-refractivity contribution in [2.45, 2.75) is 12.8 Å². The molecule has 0 fully saturated rings. The highest BCUT2D eigenvalue weighted by Crippen LogP contribution is 2.14. The van der Waals surface area contributed by atoms with Gasteiger partial charge >= 0.3 is 0 Å². The molecule has 0 saturated heterocycles. The SMILES string of the molecule is NCCCCN(C(=O)CCl)c1ccccc1. The Balaban J connectivity index is 2.68. The number of nitrogens with two attached hydrogens (primary N) is 1. The summed E-state index contributed by atoms with van der Waals surface area (Å²) in [5.74, 6) is -0.0535. The molecule has 1 aromatic carbocycles. The maximum Gasteiger partial charge on any atom is 0.241 e. The van der Waals surface area contributed by atoms with Crippen LogP contribution in [0.2, 0.25) is 0 Å². The van der Waals surface area contributed by atoms with Crippen LogP contribution in [0.4, 0.5) is 5.69 Å². The van der Waals surface area contributed by atoms with Crippen LogP contribution in [-0.2, 0) is 4.79 Å². The van der Waals surface area contributed by atoms with Gasteiger partial charge in [-0.05, 0) is 31.5 Å². The molecule has 16 heavy (non-hydrogen) atoms. The third-order valence-corrected chi connectivity index (χ3v) is 2.55. The number of rotatable bonds is 6. The van der Waals surface area contributed by atoms with Crippen molar-refractivity contribution >= 4 is 23.2 Å². The summed E-state index contributed by atoms with van der Waals surface area (Å²) >= 11 is 5.59. The number of carbonyl (C=O) groups excluding carboxylic acids is 1. The quantitative estimate of drug-likeness (QED) is 0.611. The largest absolute Gasteiger partial charge is 0.330 e. The second-order valence-electron chi connectivity index (χ2n) is 3.51. The van der Waals surface area contributed by atoms with Crippen LogP contribution in [0.25, 0.3) is 0 Å². The van der Waals surface area contributed by atoms with E-state index in [0.717, 1.165) is 18.5 Å². The number of nitrogens with zero attached hydrogens (tertiary/aromatic N) is 1. The van der Waals surface area contributed by atoms with Crippen LogP contribution in [0.15, 0.2) is 30.3 Å². The van der Waals surface area contributed by atoms with Crippen LogP contribution in [-0.4, -0.2) is 24.9 Å². The fraction of sp³-hybridized carbons (Fsp3) is 0.417. The van der Waals surface area contributed by atoms with Gasteiger partial charge in [0.25, 0.3) is 0 Å². The molecular weight excluding hydrogens is 224 g/mol. The van der Waals surface area contributed by atoms with Crippen LogP contribution < -0.4 is 10.6 Å². The van der Waals surface area contributed by atoms with Gasteiger partial charge in [-0.15, -0.1) is 11.6 Å². The molecule has 0 bridgehead atoms. The number of anilines is 1. The molecule has 88 valence electrons. The average molecular weight is 241 g/mol. The molecule has 0 aromatic heterocycles. The zero-order chi connectivity index (χ0) is 11.8. The first kappa shape index (κ1) is 13.0. The number of hydrogen-bond donors (Lipinski definition) is 1. The predicted molar refractivity (Wildman–Crippen MR) is 67.8 cm³/mol. The van der Waals surface area contributed by atoms with Gasteiger partial charge in [0.1, 0.15) is 5.88 Å². The first-order valence-electron chi connectivity index (χ1n) is 5.41. The number of halogens is 1. The molecule has 0 radical (unpaired) electrons. The van der Waals surface area contributed by atoms with Gasteiger partial charge < -0.3 is 10.6 Å². The Morgan fingerprint density at radius 2 is 1.94 bits per heavy atom. The standard InChI is InChI=1S/C12H17ClN2O/c13-10-12(16)15(9-5-4-8-14)11-6-2-1-3-7-11/h1-3,6-7H,4-5,8-10,14H2. The van der Waals surface area contributed by atoms with Gasteiger partial charge in [-0.1, -0.05) is 18.2 Å². The molecule has 1 rings (SSSR count). The minimum Gasteiger partial charge on any atom is -0.330 e. The van der Waals surface area contributed by atoms with Crippen LogP contribution in [0, 0.1) is 0 Å². The third kappa shape index (κ3) is 3.83. The van der Waals surface area contributed by atoms with E-state index in [1.165, 1.54) is 0 Å². The van der Waals surface area contributed by atoms with Crippen molar-refractivity contribution in [2.24, 2.45) is 5.73 Å². The van der Waals surface area contributed by atoms with E-state index in [0.29, 0.717) is 13.1 Å². The Morgan fingerprint density at radius 1 is 1.25 bits per heavy atom. The fourth-order valence-electron chi connectivity index (χ4n) is 1.49. The summed E-state index contributed by atoms with van der Waals surface area (Å²) in [4.78, 5) is 13.4. The highest BCUT2D eigenvalue weighted by atomic mass is 35.5. The highest BCUT2D eigenvalue weighted by Gasteiger charge is 2.13. The molecule has 0 unspecified atom stereocenters. The third-order valence-electron chi connectivity index (χ3n) is 2.32. The Bertz CT molecular complexity index is 316. The number of hydrogen-bond acceptors (Lipinski definition) is 2.